The maximum atomic E-state index is 13.7. The molecule has 1 aromatic heterocycles. The van der Waals surface area contributed by atoms with Gasteiger partial charge in [0.25, 0.3) is 11.5 Å². The molecule has 0 aliphatic heterocycles. The quantitative estimate of drug-likeness (QED) is 0.423. The number of carbonyl (C=O) groups excluding carboxylic acids is 1. The van der Waals surface area contributed by atoms with Crippen LogP contribution in [0.25, 0.3) is 16.6 Å². The number of halogens is 2. The fraction of sp³-hybridized carbons (Fsp3) is 0.160. The van der Waals surface area contributed by atoms with E-state index in [0.29, 0.717) is 27.4 Å². The number of fused-ring (bicyclic) bond motifs is 1. The summed E-state index contributed by atoms with van der Waals surface area (Å²) in [4.78, 5) is 32.7. The van der Waals surface area contributed by atoms with Crippen LogP contribution in [0.4, 0.5) is 4.39 Å². The summed E-state index contributed by atoms with van der Waals surface area (Å²) >= 11 is 6.14. The molecule has 0 saturated heterocycles. The maximum Gasteiger partial charge on any atom is 0.266 e. The first-order valence-corrected chi connectivity index (χ1v) is 10.5. The lowest BCUT2D eigenvalue weighted by Crippen LogP contribution is -2.35. The van der Waals surface area contributed by atoms with E-state index < -0.39 is 11.9 Å². The number of nitrogens with zero attached hydrogens (tertiary/aromatic N) is 3. The zero-order valence-electron chi connectivity index (χ0n) is 17.8. The molecule has 7 heteroatoms. The summed E-state index contributed by atoms with van der Waals surface area (Å²) in [6, 6.07) is 17.3. The predicted molar refractivity (Wildman–Crippen MR) is 124 cm³/mol. The number of hydrogen-bond acceptors (Lipinski definition) is 3. The number of hydrogen-bond donors (Lipinski definition) is 0. The van der Waals surface area contributed by atoms with Crippen LogP contribution in [0.5, 0.6) is 0 Å². The molecular weight excluding hydrogens is 429 g/mol. The van der Waals surface area contributed by atoms with Gasteiger partial charge in [0.15, 0.2) is 0 Å². The average Bonchev–Trinajstić information content (AvgIpc) is 2.78. The SMILES string of the molecule is Cc1ccc(-n2c(C(C)N(C)C(=O)c3cccc(F)c3)nc3cc(Cl)ccc3c2=O)cc1. The highest BCUT2D eigenvalue weighted by Crippen LogP contribution is 2.24. The second-order valence-electron chi connectivity index (χ2n) is 7.71. The highest BCUT2D eigenvalue weighted by Gasteiger charge is 2.25. The first-order chi connectivity index (χ1) is 15.3. The molecule has 162 valence electrons. The Morgan fingerprint density at radius 1 is 1.09 bits per heavy atom. The highest BCUT2D eigenvalue weighted by atomic mass is 35.5. The van der Waals surface area contributed by atoms with Crippen LogP contribution in [-0.4, -0.2) is 27.4 Å². The second-order valence-corrected chi connectivity index (χ2v) is 8.15. The van der Waals surface area contributed by atoms with Crippen molar-refractivity contribution < 1.29 is 9.18 Å². The molecule has 0 bridgehead atoms. The van der Waals surface area contributed by atoms with E-state index in [1.54, 1.807) is 38.2 Å². The Kier molecular flexibility index (Phi) is 5.80. The van der Waals surface area contributed by atoms with E-state index in [4.69, 9.17) is 16.6 Å². The van der Waals surface area contributed by atoms with Crippen molar-refractivity contribution >= 4 is 28.4 Å². The molecule has 3 aromatic carbocycles. The third kappa shape index (κ3) is 4.01. The summed E-state index contributed by atoms with van der Waals surface area (Å²) in [5, 5.41) is 0.880. The number of aryl methyl sites for hydroxylation is 1. The molecule has 5 nitrogen and oxygen atoms in total. The minimum Gasteiger partial charge on any atom is -0.332 e. The van der Waals surface area contributed by atoms with E-state index in [1.165, 1.54) is 27.7 Å². The zero-order valence-corrected chi connectivity index (χ0v) is 18.6. The van der Waals surface area contributed by atoms with E-state index in [-0.39, 0.29) is 17.0 Å². The van der Waals surface area contributed by atoms with Gasteiger partial charge in [-0.1, -0.05) is 35.4 Å². The first-order valence-electron chi connectivity index (χ1n) is 10.1. The van der Waals surface area contributed by atoms with Crippen LogP contribution >= 0.6 is 11.6 Å². The number of amides is 1. The normalized spacial score (nSPS) is 12.0. The Balaban J connectivity index is 1.89. The topological polar surface area (TPSA) is 55.2 Å². The number of aromatic nitrogens is 2. The van der Waals surface area contributed by atoms with E-state index in [0.717, 1.165) is 5.56 Å². The van der Waals surface area contributed by atoms with Crippen molar-refractivity contribution in [3.05, 3.63) is 105 Å². The van der Waals surface area contributed by atoms with Crippen LogP contribution in [0.1, 0.15) is 34.7 Å². The van der Waals surface area contributed by atoms with Gasteiger partial charge in [-0.15, -0.1) is 0 Å². The van der Waals surface area contributed by atoms with Gasteiger partial charge in [0, 0.05) is 17.6 Å². The molecule has 4 rings (SSSR count). The summed E-state index contributed by atoms with van der Waals surface area (Å²) in [7, 11) is 1.60. The summed E-state index contributed by atoms with van der Waals surface area (Å²) in [5.74, 6) is -0.499. The number of carbonyl (C=O) groups is 1. The smallest absolute Gasteiger partial charge is 0.266 e. The first kappa shape index (κ1) is 21.7. The molecule has 1 heterocycles. The van der Waals surface area contributed by atoms with Crippen LogP contribution in [0.2, 0.25) is 5.02 Å². The Morgan fingerprint density at radius 2 is 1.81 bits per heavy atom. The fourth-order valence-corrected chi connectivity index (χ4v) is 3.74. The van der Waals surface area contributed by atoms with Gasteiger partial charge in [-0.3, -0.25) is 14.2 Å². The molecule has 1 amide bonds. The molecule has 0 aliphatic carbocycles. The van der Waals surface area contributed by atoms with Crippen molar-refractivity contribution in [2.75, 3.05) is 7.05 Å². The average molecular weight is 450 g/mol. The van der Waals surface area contributed by atoms with Crippen LogP contribution < -0.4 is 5.56 Å². The van der Waals surface area contributed by atoms with Crippen LogP contribution in [0, 0.1) is 12.7 Å². The van der Waals surface area contributed by atoms with E-state index in [2.05, 4.69) is 0 Å². The van der Waals surface area contributed by atoms with Gasteiger partial charge in [0.1, 0.15) is 11.6 Å². The molecule has 0 saturated carbocycles. The van der Waals surface area contributed by atoms with Crippen molar-refractivity contribution in [2.24, 2.45) is 0 Å². The van der Waals surface area contributed by atoms with Crippen molar-refractivity contribution in [1.29, 1.82) is 0 Å². The summed E-state index contributed by atoms with van der Waals surface area (Å²) in [6.07, 6.45) is 0. The van der Waals surface area contributed by atoms with Gasteiger partial charge >= 0.3 is 0 Å². The minimum atomic E-state index is -0.594. The van der Waals surface area contributed by atoms with Crippen LogP contribution in [0.3, 0.4) is 0 Å². The van der Waals surface area contributed by atoms with E-state index in [9.17, 15) is 14.0 Å². The Morgan fingerprint density at radius 3 is 2.50 bits per heavy atom. The second kappa shape index (κ2) is 8.55. The third-order valence-corrected chi connectivity index (χ3v) is 5.73. The predicted octanol–water partition coefficient (Wildman–Crippen LogP) is 5.32. The Hall–Kier alpha value is -3.51. The number of benzene rings is 3. The Bertz CT molecular complexity index is 1380. The summed E-state index contributed by atoms with van der Waals surface area (Å²) < 4.78 is 15.2. The zero-order chi connectivity index (χ0) is 23.0. The van der Waals surface area contributed by atoms with E-state index in [1.807, 2.05) is 31.2 Å². The van der Waals surface area contributed by atoms with Crippen molar-refractivity contribution in [1.82, 2.24) is 14.5 Å². The molecule has 4 aromatic rings. The molecule has 1 atom stereocenters. The fourth-order valence-electron chi connectivity index (χ4n) is 3.57. The van der Waals surface area contributed by atoms with Gasteiger partial charge in [0.2, 0.25) is 0 Å². The molecule has 0 spiro atoms. The summed E-state index contributed by atoms with van der Waals surface area (Å²) in [6.45, 7) is 3.74. The molecular formula is C25H21ClFN3O2. The van der Waals surface area contributed by atoms with Gasteiger partial charge in [-0.05, 0) is 62.4 Å². The molecule has 0 N–H and O–H groups in total. The monoisotopic (exact) mass is 449 g/mol. The van der Waals surface area contributed by atoms with Crippen LogP contribution in [-0.2, 0) is 0 Å². The standard InChI is InChI=1S/C25H21ClFN3O2/c1-15-7-10-20(11-8-15)30-23(28-22-14-18(26)9-12-21(22)25(30)32)16(2)29(3)24(31)17-5-4-6-19(27)13-17/h4-14,16H,1-3H3. The largest absolute Gasteiger partial charge is 0.332 e. The lowest BCUT2D eigenvalue weighted by atomic mass is 10.1. The third-order valence-electron chi connectivity index (χ3n) is 5.50. The minimum absolute atomic E-state index is 0.215. The maximum absolute atomic E-state index is 13.7. The van der Waals surface area contributed by atoms with Gasteiger partial charge in [-0.25, -0.2) is 9.37 Å². The van der Waals surface area contributed by atoms with Gasteiger partial charge in [0.05, 0.1) is 22.6 Å². The molecule has 0 aliphatic rings. The van der Waals surface area contributed by atoms with E-state index >= 15 is 0 Å². The molecule has 0 radical (unpaired) electrons. The van der Waals surface area contributed by atoms with Crippen molar-refractivity contribution in [3.8, 4) is 5.69 Å². The lowest BCUT2D eigenvalue weighted by Gasteiger charge is -2.27. The molecule has 0 fully saturated rings. The highest BCUT2D eigenvalue weighted by molar-refractivity contribution is 6.31. The summed E-state index contributed by atoms with van der Waals surface area (Å²) in [5.41, 5.74) is 2.09. The van der Waals surface area contributed by atoms with Crippen LogP contribution in [0.15, 0.2) is 71.5 Å². The van der Waals surface area contributed by atoms with Gasteiger partial charge in [-0.2, -0.15) is 0 Å². The molecule has 1 unspecified atom stereocenters. The lowest BCUT2D eigenvalue weighted by molar-refractivity contribution is 0.0734. The van der Waals surface area contributed by atoms with Gasteiger partial charge < -0.3 is 4.90 Å². The number of rotatable bonds is 4. The van der Waals surface area contributed by atoms with Crippen molar-refractivity contribution in [3.63, 3.8) is 0 Å². The molecule has 32 heavy (non-hydrogen) atoms. The van der Waals surface area contributed by atoms with Crippen molar-refractivity contribution in [2.45, 2.75) is 19.9 Å². The Labute approximate surface area is 189 Å².